The van der Waals surface area contributed by atoms with Crippen LogP contribution < -0.4 is 14.9 Å². The molecule has 0 bridgehead atoms. The van der Waals surface area contributed by atoms with Crippen molar-refractivity contribution in [2.24, 2.45) is 5.10 Å². The molecule has 0 radical (unpaired) electrons. The molecule has 0 aliphatic heterocycles. The van der Waals surface area contributed by atoms with Gasteiger partial charge in [0.05, 0.1) is 18.4 Å². The first-order valence-electron chi connectivity index (χ1n) is 9.49. The molecule has 0 spiro atoms. The first-order valence-corrected chi connectivity index (χ1v) is 9.49. The van der Waals surface area contributed by atoms with Crippen LogP contribution in [0.15, 0.2) is 65.9 Å². The molecule has 2 N–H and O–H groups in total. The number of anilines is 1. The first-order chi connectivity index (χ1) is 14.5. The van der Waals surface area contributed by atoms with Gasteiger partial charge in [0.25, 0.3) is 0 Å². The van der Waals surface area contributed by atoms with Crippen molar-refractivity contribution >= 4 is 18.0 Å². The van der Waals surface area contributed by atoms with Crippen LogP contribution in [-0.2, 0) is 6.61 Å². The van der Waals surface area contributed by atoms with E-state index in [1.165, 1.54) is 17.8 Å². The van der Waals surface area contributed by atoms with Crippen molar-refractivity contribution in [3.05, 3.63) is 83.0 Å². The quantitative estimate of drug-likeness (QED) is 0.402. The Hall–Kier alpha value is -3.87. The summed E-state index contributed by atoms with van der Waals surface area (Å²) in [6, 6.07) is 16.8. The second kappa shape index (κ2) is 10.1. The highest BCUT2D eigenvalue weighted by atomic mass is 16.5. The maximum atomic E-state index is 10.9. The lowest BCUT2D eigenvalue weighted by Gasteiger charge is -2.13. The summed E-state index contributed by atoms with van der Waals surface area (Å²) in [5.74, 6) is 0.719. The largest absolute Gasteiger partial charge is 0.490 e. The fourth-order valence-electron chi connectivity index (χ4n) is 2.60. The number of aromatic carboxylic acids is 1. The third-order valence-electron chi connectivity index (χ3n) is 4.19. The summed E-state index contributed by atoms with van der Waals surface area (Å²) in [6.45, 7) is 4.93. The fourth-order valence-corrected chi connectivity index (χ4v) is 2.60. The molecule has 0 unspecified atom stereocenters. The van der Waals surface area contributed by atoms with Gasteiger partial charge in [0, 0.05) is 6.20 Å². The SMILES string of the molecule is CCOc1cc(/C=N/Nc2ccc(C(=O)O)cn2)ccc1OCc1ccc(C)cc1. The molecule has 3 aromatic rings. The Morgan fingerprint density at radius 3 is 2.57 bits per heavy atom. The molecule has 0 amide bonds. The van der Waals surface area contributed by atoms with Crippen molar-refractivity contribution in [3.63, 3.8) is 0 Å². The van der Waals surface area contributed by atoms with E-state index in [0.29, 0.717) is 30.5 Å². The van der Waals surface area contributed by atoms with E-state index in [1.54, 1.807) is 12.3 Å². The minimum Gasteiger partial charge on any atom is -0.490 e. The second-order valence-electron chi connectivity index (χ2n) is 6.52. The predicted molar refractivity (Wildman–Crippen MR) is 116 cm³/mol. The zero-order chi connectivity index (χ0) is 21.3. The summed E-state index contributed by atoms with van der Waals surface area (Å²) < 4.78 is 11.6. The van der Waals surface area contributed by atoms with Crippen molar-refractivity contribution < 1.29 is 19.4 Å². The highest BCUT2D eigenvalue weighted by Crippen LogP contribution is 2.29. The molecule has 1 aromatic heterocycles. The maximum absolute atomic E-state index is 10.9. The number of hydrogen-bond acceptors (Lipinski definition) is 6. The summed E-state index contributed by atoms with van der Waals surface area (Å²) in [4.78, 5) is 14.9. The highest BCUT2D eigenvalue weighted by Gasteiger charge is 2.07. The number of nitrogens with one attached hydrogen (secondary N) is 1. The summed E-state index contributed by atoms with van der Waals surface area (Å²) in [5, 5.41) is 13.0. The number of pyridine rings is 1. The zero-order valence-corrected chi connectivity index (χ0v) is 16.8. The van der Waals surface area contributed by atoms with Crippen LogP contribution in [0.3, 0.4) is 0 Å². The normalized spacial score (nSPS) is 10.7. The number of ether oxygens (including phenoxy) is 2. The van der Waals surface area contributed by atoms with E-state index in [4.69, 9.17) is 14.6 Å². The Bertz CT molecular complexity index is 1020. The summed E-state index contributed by atoms with van der Waals surface area (Å²) >= 11 is 0. The number of hydrogen-bond donors (Lipinski definition) is 2. The van der Waals surface area contributed by atoms with Crippen LogP contribution in [0.4, 0.5) is 5.82 Å². The van der Waals surface area contributed by atoms with Gasteiger partial charge in [-0.1, -0.05) is 29.8 Å². The molecule has 0 aliphatic carbocycles. The molecular weight excluding hydrogens is 382 g/mol. The van der Waals surface area contributed by atoms with Gasteiger partial charge in [0.15, 0.2) is 11.5 Å². The number of carboxylic acid groups (broad SMARTS) is 1. The number of carbonyl (C=O) groups is 1. The number of aromatic nitrogens is 1. The number of benzene rings is 2. The summed E-state index contributed by atoms with van der Waals surface area (Å²) in [6.07, 6.45) is 2.90. The van der Waals surface area contributed by atoms with E-state index >= 15 is 0 Å². The number of hydrazone groups is 1. The Labute approximate surface area is 175 Å². The van der Waals surface area contributed by atoms with Crippen LogP contribution >= 0.6 is 0 Å². The van der Waals surface area contributed by atoms with Gasteiger partial charge in [-0.3, -0.25) is 5.43 Å². The molecule has 2 aromatic carbocycles. The van der Waals surface area contributed by atoms with Gasteiger partial charge in [-0.25, -0.2) is 9.78 Å². The van der Waals surface area contributed by atoms with E-state index < -0.39 is 5.97 Å². The zero-order valence-electron chi connectivity index (χ0n) is 16.8. The van der Waals surface area contributed by atoms with Gasteiger partial charge in [0.2, 0.25) is 0 Å². The van der Waals surface area contributed by atoms with E-state index in [-0.39, 0.29) is 5.56 Å². The topological polar surface area (TPSA) is 93.0 Å². The van der Waals surface area contributed by atoms with Crippen LogP contribution in [0.5, 0.6) is 11.5 Å². The van der Waals surface area contributed by atoms with Gasteiger partial charge in [-0.15, -0.1) is 0 Å². The van der Waals surface area contributed by atoms with Gasteiger partial charge >= 0.3 is 5.97 Å². The molecule has 1 heterocycles. The molecule has 7 nitrogen and oxygen atoms in total. The van der Waals surface area contributed by atoms with Gasteiger partial charge in [0.1, 0.15) is 12.4 Å². The highest BCUT2D eigenvalue weighted by molar-refractivity contribution is 5.87. The van der Waals surface area contributed by atoms with Crippen LogP contribution in [0.2, 0.25) is 0 Å². The fraction of sp³-hybridized carbons (Fsp3) is 0.174. The molecule has 0 fully saturated rings. The molecule has 7 heteroatoms. The minimum absolute atomic E-state index is 0.118. The second-order valence-corrected chi connectivity index (χ2v) is 6.52. The van der Waals surface area contributed by atoms with Crippen molar-refractivity contribution in [1.29, 1.82) is 0 Å². The number of nitrogens with zero attached hydrogens (tertiary/aromatic N) is 2. The maximum Gasteiger partial charge on any atom is 0.337 e. The molecule has 30 heavy (non-hydrogen) atoms. The molecular formula is C23H23N3O4. The third-order valence-corrected chi connectivity index (χ3v) is 4.19. The van der Waals surface area contributed by atoms with Gasteiger partial charge in [-0.05, 0) is 55.3 Å². The average molecular weight is 405 g/mol. The smallest absolute Gasteiger partial charge is 0.337 e. The monoisotopic (exact) mass is 405 g/mol. The Balaban J connectivity index is 1.65. The molecule has 0 saturated carbocycles. The van der Waals surface area contributed by atoms with E-state index in [2.05, 4.69) is 27.6 Å². The van der Waals surface area contributed by atoms with Crippen LogP contribution in [0, 0.1) is 6.92 Å². The van der Waals surface area contributed by atoms with E-state index in [1.807, 2.05) is 44.2 Å². The molecule has 0 saturated heterocycles. The lowest BCUT2D eigenvalue weighted by molar-refractivity contribution is 0.0696. The third kappa shape index (κ3) is 5.81. The number of rotatable bonds is 9. The lowest BCUT2D eigenvalue weighted by Crippen LogP contribution is -2.01. The van der Waals surface area contributed by atoms with Crippen LogP contribution in [0.25, 0.3) is 0 Å². The first kappa shape index (κ1) is 20.9. The van der Waals surface area contributed by atoms with Crippen molar-refractivity contribution in [2.75, 3.05) is 12.0 Å². The molecule has 3 rings (SSSR count). The predicted octanol–water partition coefficient (Wildman–Crippen LogP) is 4.51. The Kier molecular flexibility index (Phi) is 7.00. The van der Waals surface area contributed by atoms with Crippen LogP contribution in [-0.4, -0.2) is 28.9 Å². The summed E-state index contributed by atoms with van der Waals surface area (Å²) in [5.41, 5.74) is 5.99. The lowest BCUT2D eigenvalue weighted by atomic mass is 10.2. The Morgan fingerprint density at radius 1 is 1.10 bits per heavy atom. The average Bonchev–Trinajstić information content (AvgIpc) is 2.75. The standard InChI is InChI=1S/C23H23N3O4/c1-3-29-21-12-18(13-25-26-22-11-9-19(14-24-22)23(27)28)8-10-20(21)30-15-17-6-4-16(2)5-7-17/h4-14H,3,15H2,1-2H3,(H,24,26)(H,27,28)/b25-13+. The van der Waals surface area contributed by atoms with Gasteiger partial charge in [-0.2, -0.15) is 5.10 Å². The van der Waals surface area contributed by atoms with Crippen molar-refractivity contribution in [3.8, 4) is 11.5 Å². The number of carboxylic acids is 1. The molecule has 154 valence electrons. The summed E-state index contributed by atoms with van der Waals surface area (Å²) in [7, 11) is 0. The van der Waals surface area contributed by atoms with E-state index in [0.717, 1.165) is 11.1 Å². The van der Waals surface area contributed by atoms with E-state index in [9.17, 15) is 4.79 Å². The molecule has 0 aliphatic rings. The van der Waals surface area contributed by atoms with Crippen molar-refractivity contribution in [1.82, 2.24) is 4.98 Å². The van der Waals surface area contributed by atoms with Gasteiger partial charge < -0.3 is 14.6 Å². The number of aryl methyl sites for hydroxylation is 1. The molecule has 0 atom stereocenters. The minimum atomic E-state index is -1.02. The van der Waals surface area contributed by atoms with Crippen molar-refractivity contribution in [2.45, 2.75) is 20.5 Å². The van der Waals surface area contributed by atoms with Crippen LogP contribution in [0.1, 0.15) is 34.0 Å². The Morgan fingerprint density at radius 2 is 1.90 bits per heavy atom.